The van der Waals surface area contributed by atoms with Crippen LogP contribution < -0.4 is 5.32 Å². The van der Waals surface area contributed by atoms with Gasteiger partial charge in [0, 0.05) is 41.8 Å². The monoisotopic (exact) mass is 397 g/mol. The molecule has 28 heavy (non-hydrogen) atoms. The summed E-state index contributed by atoms with van der Waals surface area (Å²) in [5, 5.41) is 14.0. The van der Waals surface area contributed by atoms with Crippen molar-refractivity contribution in [3.63, 3.8) is 0 Å². The summed E-state index contributed by atoms with van der Waals surface area (Å²) in [6, 6.07) is 8.74. The second-order valence-corrected chi connectivity index (χ2v) is 8.18. The Morgan fingerprint density at radius 3 is 2.71 bits per heavy atom. The zero-order valence-corrected chi connectivity index (χ0v) is 17.3. The standard InChI is InChI=1S/C21H27N5OS/c1-3-25-13-17(16-11-7-8-12-18(16)25)20-23-24-21(26(20)4-2)28-14-19(27)22-15-9-5-6-10-15/h7-8,11-13,15H,3-6,9-10,14H2,1-2H3,(H,22,27). The van der Waals surface area contributed by atoms with E-state index in [2.05, 4.69) is 69.0 Å². The summed E-state index contributed by atoms with van der Waals surface area (Å²) in [5.74, 6) is 1.34. The molecule has 1 amide bonds. The molecule has 2 heterocycles. The minimum absolute atomic E-state index is 0.0895. The molecule has 0 atom stereocenters. The molecule has 0 saturated heterocycles. The molecule has 0 bridgehead atoms. The molecule has 6 nitrogen and oxygen atoms in total. The molecule has 7 heteroatoms. The average Bonchev–Trinajstić information content (AvgIpc) is 3.44. The summed E-state index contributed by atoms with van der Waals surface area (Å²) in [4.78, 5) is 12.3. The lowest BCUT2D eigenvalue weighted by Crippen LogP contribution is -2.33. The molecule has 0 spiro atoms. The number of rotatable bonds is 7. The van der Waals surface area contributed by atoms with Crippen molar-refractivity contribution in [1.29, 1.82) is 0 Å². The van der Waals surface area contributed by atoms with Crippen LogP contribution in [0.1, 0.15) is 39.5 Å². The second-order valence-electron chi connectivity index (χ2n) is 7.23. The van der Waals surface area contributed by atoms with Gasteiger partial charge < -0.3 is 14.5 Å². The third-order valence-electron chi connectivity index (χ3n) is 5.46. The Morgan fingerprint density at radius 1 is 1.18 bits per heavy atom. The van der Waals surface area contributed by atoms with Gasteiger partial charge in [-0.05, 0) is 32.8 Å². The highest BCUT2D eigenvalue weighted by molar-refractivity contribution is 7.99. The summed E-state index contributed by atoms with van der Waals surface area (Å²) in [5.41, 5.74) is 2.30. The average molecular weight is 398 g/mol. The van der Waals surface area contributed by atoms with Gasteiger partial charge in [0.25, 0.3) is 0 Å². The van der Waals surface area contributed by atoms with Crippen molar-refractivity contribution in [2.24, 2.45) is 0 Å². The van der Waals surface area contributed by atoms with E-state index in [0.29, 0.717) is 11.8 Å². The lowest BCUT2D eigenvalue weighted by atomic mass is 10.1. The Morgan fingerprint density at radius 2 is 1.96 bits per heavy atom. The number of nitrogens with one attached hydrogen (secondary N) is 1. The number of hydrogen-bond acceptors (Lipinski definition) is 4. The number of fused-ring (bicyclic) bond motifs is 1. The largest absolute Gasteiger partial charge is 0.353 e. The van der Waals surface area contributed by atoms with Crippen molar-refractivity contribution in [1.82, 2.24) is 24.6 Å². The molecule has 3 aromatic rings. The fraction of sp³-hybridized carbons (Fsp3) is 0.476. The van der Waals surface area contributed by atoms with Crippen LogP contribution in [0, 0.1) is 0 Å². The van der Waals surface area contributed by atoms with Crippen molar-refractivity contribution in [3.8, 4) is 11.4 Å². The molecule has 1 aliphatic rings. The quantitative estimate of drug-likeness (QED) is 0.610. The molecule has 0 aliphatic heterocycles. The van der Waals surface area contributed by atoms with Crippen molar-refractivity contribution >= 4 is 28.6 Å². The van der Waals surface area contributed by atoms with Crippen LogP contribution in [-0.2, 0) is 17.9 Å². The molecule has 2 aromatic heterocycles. The van der Waals surface area contributed by atoms with Gasteiger partial charge >= 0.3 is 0 Å². The van der Waals surface area contributed by atoms with Crippen LogP contribution >= 0.6 is 11.8 Å². The lowest BCUT2D eigenvalue weighted by molar-refractivity contribution is -0.119. The summed E-state index contributed by atoms with van der Waals surface area (Å²) in [6.07, 6.45) is 6.80. The highest BCUT2D eigenvalue weighted by atomic mass is 32.2. The fourth-order valence-corrected chi connectivity index (χ4v) is 4.85. The maximum atomic E-state index is 12.3. The van der Waals surface area contributed by atoms with Gasteiger partial charge in [-0.15, -0.1) is 10.2 Å². The first kappa shape index (κ1) is 19.1. The third kappa shape index (κ3) is 3.68. The number of amides is 1. The van der Waals surface area contributed by atoms with Gasteiger partial charge in [-0.25, -0.2) is 0 Å². The minimum Gasteiger partial charge on any atom is -0.353 e. The molecule has 148 valence electrons. The SMILES string of the molecule is CCn1c(SCC(=O)NC2CCCC2)nnc1-c1cn(CC)c2ccccc12. The van der Waals surface area contributed by atoms with Crippen LogP contribution in [0.15, 0.2) is 35.6 Å². The van der Waals surface area contributed by atoms with E-state index >= 15 is 0 Å². The number of benzene rings is 1. The zero-order valence-electron chi connectivity index (χ0n) is 16.5. The van der Waals surface area contributed by atoms with Crippen molar-refractivity contribution in [2.45, 2.75) is 63.8 Å². The van der Waals surface area contributed by atoms with Crippen molar-refractivity contribution < 1.29 is 4.79 Å². The highest BCUT2D eigenvalue weighted by Gasteiger charge is 2.20. The first-order chi connectivity index (χ1) is 13.7. The summed E-state index contributed by atoms with van der Waals surface area (Å²) in [6.45, 7) is 5.91. The van der Waals surface area contributed by atoms with Crippen LogP contribution in [0.25, 0.3) is 22.3 Å². The van der Waals surface area contributed by atoms with Crippen LogP contribution in [0.5, 0.6) is 0 Å². The number of carbonyl (C=O) groups excluding carboxylic acids is 1. The van der Waals surface area contributed by atoms with Gasteiger partial charge in [0.05, 0.1) is 5.75 Å². The smallest absolute Gasteiger partial charge is 0.230 e. The molecule has 4 rings (SSSR count). The predicted molar refractivity (Wildman–Crippen MR) is 113 cm³/mol. The van der Waals surface area contributed by atoms with Crippen LogP contribution in [0.3, 0.4) is 0 Å². The Hall–Kier alpha value is -2.28. The summed E-state index contributed by atoms with van der Waals surface area (Å²) < 4.78 is 4.34. The van der Waals surface area contributed by atoms with E-state index in [1.165, 1.54) is 35.5 Å². The Kier molecular flexibility index (Phi) is 5.71. The Balaban J connectivity index is 1.55. The Labute approximate surface area is 169 Å². The molecule has 1 saturated carbocycles. The van der Waals surface area contributed by atoms with E-state index in [4.69, 9.17) is 0 Å². The van der Waals surface area contributed by atoms with Crippen molar-refractivity contribution in [3.05, 3.63) is 30.5 Å². The van der Waals surface area contributed by atoms with Crippen LogP contribution in [0.2, 0.25) is 0 Å². The molecule has 0 unspecified atom stereocenters. The van der Waals surface area contributed by atoms with Gasteiger partial charge in [-0.2, -0.15) is 0 Å². The van der Waals surface area contributed by atoms with Crippen LogP contribution in [-0.4, -0.2) is 37.0 Å². The zero-order chi connectivity index (χ0) is 19.5. The number of para-hydroxylation sites is 1. The predicted octanol–water partition coefficient (Wildman–Crippen LogP) is 4.09. The molecule has 1 fully saturated rings. The minimum atomic E-state index is 0.0895. The molecule has 1 N–H and O–H groups in total. The topological polar surface area (TPSA) is 64.7 Å². The number of thioether (sulfide) groups is 1. The number of hydrogen-bond donors (Lipinski definition) is 1. The summed E-state index contributed by atoms with van der Waals surface area (Å²) >= 11 is 1.47. The van der Waals surface area contributed by atoms with E-state index in [1.54, 1.807) is 0 Å². The van der Waals surface area contributed by atoms with E-state index in [0.717, 1.165) is 42.5 Å². The van der Waals surface area contributed by atoms with Gasteiger partial charge in [0.1, 0.15) is 0 Å². The maximum Gasteiger partial charge on any atom is 0.230 e. The van der Waals surface area contributed by atoms with Gasteiger partial charge in [0.2, 0.25) is 5.91 Å². The number of aryl methyl sites for hydroxylation is 1. The normalized spacial score (nSPS) is 14.8. The molecule has 0 radical (unpaired) electrons. The molecule has 1 aromatic carbocycles. The van der Waals surface area contributed by atoms with E-state index in [1.807, 2.05) is 0 Å². The molecular weight excluding hydrogens is 370 g/mol. The van der Waals surface area contributed by atoms with E-state index in [9.17, 15) is 4.79 Å². The Bertz CT molecular complexity index is 970. The van der Waals surface area contributed by atoms with E-state index in [-0.39, 0.29) is 5.91 Å². The highest BCUT2D eigenvalue weighted by Crippen LogP contribution is 2.31. The molecular formula is C21H27N5OS. The first-order valence-corrected chi connectivity index (χ1v) is 11.1. The van der Waals surface area contributed by atoms with Gasteiger partial charge in [-0.1, -0.05) is 42.8 Å². The maximum absolute atomic E-state index is 12.3. The second kappa shape index (κ2) is 8.39. The van der Waals surface area contributed by atoms with Crippen LogP contribution in [0.4, 0.5) is 0 Å². The number of carbonyl (C=O) groups is 1. The summed E-state index contributed by atoms with van der Waals surface area (Å²) in [7, 11) is 0. The van der Waals surface area contributed by atoms with E-state index < -0.39 is 0 Å². The van der Waals surface area contributed by atoms with Gasteiger partial charge in [-0.3, -0.25) is 4.79 Å². The fourth-order valence-electron chi connectivity index (χ4n) is 4.04. The lowest BCUT2D eigenvalue weighted by Gasteiger charge is -2.11. The van der Waals surface area contributed by atoms with Crippen molar-refractivity contribution in [2.75, 3.05) is 5.75 Å². The first-order valence-electron chi connectivity index (χ1n) is 10.1. The van der Waals surface area contributed by atoms with Gasteiger partial charge in [0.15, 0.2) is 11.0 Å². The molecule has 1 aliphatic carbocycles. The number of aromatic nitrogens is 4. The number of nitrogens with zero attached hydrogens (tertiary/aromatic N) is 4. The third-order valence-corrected chi connectivity index (χ3v) is 6.42.